The Morgan fingerprint density at radius 3 is 2.81 bits per heavy atom. The fraction of sp³-hybridized carbons (Fsp3) is 0.500. The summed E-state index contributed by atoms with van der Waals surface area (Å²) in [4.78, 5) is 10.5. The third-order valence-electron chi connectivity index (χ3n) is 2.87. The lowest BCUT2D eigenvalue weighted by Crippen LogP contribution is -1.99. The van der Waals surface area contributed by atoms with Gasteiger partial charge in [-0.15, -0.1) is 0 Å². The second-order valence-corrected chi connectivity index (χ2v) is 4.33. The molecule has 1 aromatic carbocycles. The number of hydrogen-bond donors (Lipinski definition) is 1. The van der Waals surface area contributed by atoms with Crippen LogP contribution >= 0.6 is 0 Å². The Morgan fingerprint density at radius 2 is 2.19 bits per heavy atom. The van der Waals surface area contributed by atoms with Crippen LogP contribution in [0.3, 0.4) is 0 Å². The van der Waals surface area contributed by atoms with Gasteiger partial charge in [0.15, 0.2) is 0 Å². The van der Waals surface area contributed by atoms with Gasteiger partial charge in [0.05, 0.1) is 0 Å². The molecule has 0 saturated carbocycles. The van der Waals surface area contributed by atoms with Gasteiger partial charge in [0.1, 0.15) is 0 Å². The van der Waals surface area contributed by atoms with E-state index >= 15 is 0 Å². The third kappa shape index (κ3) is 4.05. The minimum absolute atomic E-state index is 0.214. The number of hydrogen-bond acceptors (Lipinski definition) is 1. The lowest BCUT2D eigenvalue weighted by atomic mass is 9.94. The molecule has 0 amide bonds. The summed E-state index contributed by atoms with van der Waals surface area (Å²) in [5.74, 6) is -0.165. The summed E-state index contributed by atoms with van der Waals surface area (Å²) in [5, 5.41) is 8.64. The average molecular weight is 220 g/mol. The zero-order valence-electron chi connectivity index (χ0n) is 10.1. The molecule has 0 saturated heterocycles. The van der Waals surface area contributed by atoms with Crippen LogP contribution in [0.25, 0.3) is 0 Å². The number of rotatable bonds is 6. The van der Waals surface area contributed by atoms with Crippen molar-refractivity contribution in [3.05, 3.63) is 35.4 Å². The van der Waals surface area contributed by atoms with E-state index in [1.165, 1.54) is 18.4 Å². The SMILES string of the molecule is CCCC(C)c1cccc(CCC(=O)O)c1. The molecule has 0 aliphatic carbocycles. The Kier molecular flexibility index (Phi) is 5.03. The van der Waals surface area contributed by atoms with Crippen LogP contribution in [0.2, 0.25) is 0 Å². The van der Waals surface area contributed by atoms with Crippen molar-refractivity contribution in [1.29, 1.82) is 0 Å². The summed E-state index contributed by atoms with van der Waals surface area (Å²) < 4.78 is 0. The van der Waals surface area contributed by atoms with Crippen molar-refractivity contribution in [2.45, 2.75) is 45.4 Å². The number of aliphatic carboxylic acids is 1. The van der Waals surface area contributed by atoms with Crippen molar-refractivity contribution in [2.24, 2.45) is 0 Å². The fourth-order valence-electron chi connectivity index (χ4n) is 1.91. The molecule has 2 heteroatoms. The molecule has 2 nitrogen and oxygen atoms in total. The van der Waals surface area contributed by atoms with Crippen LogP contribution in [0.1, 0.15) is 50.2 Å². The van der Waals surface area contributed by atoms with Gasteiger partial charge >= 0.3 is 5.97 Å². The predicted octanol–water partition coefficient (Wildman–Crippen LogP) is 3.61. The van der Waals surface area contributed by atoms with Gasteiger partial charge in [-0.1, -0.05) is 44.5 Å². The minimum Gasteiger partial charge on any atom is -0.481 e. The summed E-state index contributed by atoms with van der Waals surface area (Å²) in [6.07, 6.45) is 3.20. The van der Waals surface area contributed by atoms with E-state index in [4.69, 9.17) is 5.11 Å². The Morgan fingerprint density at radius 1 is 1.44 bits per heavy atom. The number of carboxylic acids is 1. The number of carbonyl (C=O) groups is 1. The zero-order valence-corrected chi connectivity index (χ0v) is 10.1. The highest BCUT2D eigenvalue weighted by Crippen LogP contribution is 2.21. The number of aryl methyl sites for hydroxylation is 1. The zero-order chi connectivity index (χ0) is 12.0. The van der Waals surface area contributed by atoms with Crippen LogP contribution in [-0.2, 0) is 11.2 Å². The van der Waals surface area contributed by atoms with Gasteiger partial charge in [-0.3, -0.25) is 4.79 Å². The predicted molar refractivity (Wildman–Crippen MR) is 65.7 cm³/mol. The molecular formula is C14H20O2. The van der Waals surface area contributed by atoms with Crippen molar-refractivity contribution in [1.82, 2.24) is 0 Å². The molecule has 1 N–H and O–H groups in total. The summed E-state index contributed by atoms with van der Waals surface area (Å²) in [5.41, 5.74) is 2.45. The maximum absolute atomic E-state index is 10.5. The van der Waals surface area contributed by atoms with Crippen LogP contribution in [0.5, 0.6) is 0 Å². The number of carboxylic acid groups (broad SMARTS) is 1. The lowest BCUT2D eigenvalue weighted by Gasteiger charge is -2.11. The first-order valence-corrected chi connectivity index (χ1v) is 5.94. The molecule has 88 valence electrons. The van der Waals surface area contributed by atoms with Gasteiger partial charge in [0.25, 0.3) is 0 Å². The Labute approximate surface area is 97.3 Å². The number of benzene rings is 1. The monoisotopic (exact) mass is 220 g/mol. The van der Waals surface area contributed by atoms with Crippen molar-refractivity contribution in [3.8, 4) is 0 Å². The smallest absolute Gasteiger partial charge is 0.303 e. The normalized spacial score (nSPS) is 12.4. The molecular weight excluding hydrogens is 200 g/mol. The maximum atomic E-state index is 10.5. The van der Waals surface area contributed by atoms with Crippen LogP contribution < -0.4 is 0 Å². The van der Waals surface area contributed by atoms with E-state index in [1.54, 1.807) is 0 Å². The van der Waals surface area contributed by atoms with E-state index < -0.39 is 5.97 Å². The summed E-state index contributed by atoms with van der Waals surface area (Å²) >= 11 is 0. The van der Waals surface area contributed by atoms with E-state index in [9.17, 15) is 4.79 Å². The van der Waals surface area contributed by atoms with Gasteiger partial charge in [-0.25, -0.2) is 0 Å². The van der Waals surface area contributed by atoms with E-state index in [0.29, 0.717) is 12.3 Å². The molecule has 1 aromatic rings. The van der Waals surface area contributed by atoms with E-state index in [0.717, 1.165) is 5.56 Å². The molecule has 0 aliphatic rings. The quantitative estimate of drug-likeness (QED) is 0.795. The molecule has 0 fully saturated rings. The van der Waals surface area contributed by atoms with Gasteiger partial charge in [-0.05, 0) is 29.9 Å². The van der Waals surface area contributed by atoms with Crippen LogP contribution in [0, 0.1) is 0 Å². The first kappa shape index (κ1) is 12.8. The molecule has 1 unspecified atom stereocenters. The van der Waals surface area contributed by atoms with Crippen molar-refractivity contribution in [2.75, 3.05) is 0 Å². The molecule has 0 spiro atoms. The molecule has 0 heterocycles. The van der Waals surface area contributed by atoms with Crippen molar-refractivity contribution in [3.63, 3.8) is 0 Å². The van der Waals surface area contributed by atoms with Crippen molar-refractivity contribution < 1.29 is 9.90 Å². The second kappa shape index (κ2) is 6.31. The van der Waals surface area contributed by atoms with Crippen molar-refractivity contribution >= 4 is 5.97 Å². The third-order valence-corrected chi connectivity index (χ3v) is 2.87. The topological polar surface area (TPSA) is 37.3 Å². The van der Waals surface area contributed by atoms with E-state index in [2.05, 4.69) is 26.0 Å². The lowest BCUT2D eigenvalue weighted by molar-refractivity contribution is -0.136. The average Bonchev–Trinajstić information content (AvgIpc) is 2.27. The molecule has 1 atom stereocenters. The summed E-state index contributed by atoms with van der Waals surface area (Å²) in [6, 6.07) is 8.30. The van der Waals surface area contributed by atoms with Gasteiger partial charge in [-0.2, -0.15) is 0 Å². The Bertz CT molecular complexity index is 344. The van der Waals surface area contributed by atoms with Gasteiger partial charge in [0.2, 0.25) is 0 Å². The maximum Gasteiger partial charge on any atom is 0.303 e. The molecule has 0 bridgehead atoms. The molecule has 0 radical (unpaired) electrons. The molecule has 1 rings (SSSR count). The van der Waals surface area contributed by atoms with Gasteiger partial charge in [0, 0.05) is 6.42 Å². The minimum atomic E-state index is -0.730. The largest absolute Gasteiger partial charge is 0.481 e. The standard InChI is InChI=1S/C14H20O2/c1-3-5-11(2)13-7-4-6-12(10-13)8-9-14(15)16/h4,6-7,10-11H,3,5,8-9H2,1-2H3,(H,15,16). The van der Waals surface area contributed by atoms with E-state index in [1.807, 2.05) is 12.1 Å². The van der Waals surface area contributed by atoms with Crippen LogP contribution in [0.4, 0.5) is 0 Å². The molecule has 16 heavy (non-hydrogen) atoms. The summed E-state index contributed by atoms with van der Waals surface area (Å²) in [6.45, 7) is 4.41. The van der Waals surface area contributed by atoms with Crippen LogP contribution in [0.15, 0.2) is 24.3 Å². The van der Waals surface area contributed by atoms with Gasteiger partial charge < -0.3 is 5.11 Å². The summed E-state index contributed by atoms with van der Waals surface area (Å²) in [7, 11) is 0. The highest BCUT2D eigenvalue weighted by atomic mass is 16.4. The Hall–Kier alpha value is -1.31. The molecule has 0 aliphatic heterocycles. The Balaban J connectivity index is 2.66. The fourth-order valence-corrected chi connectivity index (χ4v) is 1.91. The second-order valence-electron chi connectivity index (χ2n) is 4.33. The molecule has 0 aromatic heterocycles. The highest BCUT2D eigenvalue weighted by Gasteiger charge is 2.05. The first-order chi connectivity index (χ1) is 7.63. The van der Waals surface area contributed by atoms with E-state index in [-0.39, 0.29) is 6.42 Å². The first-order valence-electron chi connectivity index (χ1n) is 5.94. The highest BCUT2D eigenvalue weighted by molar-refractivity contribution is 5.67. The van der Waals surface area contributed by atoms with Crippen LogP contribution in [-0.4, -0.2) is 11.1 Å².